The van der Waals surface area contributed by atoms with E-state index in [9.17, 15) is 0 Å². The number of aryl methyl sites for hydroxylation is 1. The lowest BCUT2D eigenvalue weighted by Crippen LogP contribution is -1.98. The first-order chi connectivity index (χ1) is 10.8. The molecule has 0 aliphatic carbocycles. The zero-order valence-corrected chi connectivity index (χ0v) is 12.3. The van der Waals surface area contributed by atoms with Crippen molar-refractivity contribution in [2.45, 2.75) is 6.92 Å². The minimum atomic E-state index is 0.939. The van der Waals surface area contributed by atoms with Gasteiger partial charge in [-0.25, -0.2) is 4.98 Å². The maximum Gasteiger partial charge on any atom is 0.145 e. The van der Waals surface area contributed by atoms with Crippen LogP contribution in [-0.2, 0) is 0 Å². The molecule has 0 unspecified atom stereocenters. The maximum absolute atomic E-state index is 4.84. The molecule has 0 N–H and O–H groups in total. The molecule has 106 valence electrons. The smallest absolute Gasteiger partial charge is 0.145 e. The Labute approximate surface area is 128 Å². The highest BCUT2D eigenvalue weighted by atomic mass is 15.1. The van der Waals surface area contributed by atoms with Gasteiger partial charge in [0.15, 0.2) is 0 Å². The van der Waals surface area contributed by atoms with Gasteiger partial charge in [0.2, 0.25) is 0 Å². The number of rotatable bonds is 2. The van der Waals surface area contributed by atoms with Crippen LogP contribution in [0.2, 0.25) is 0 Å². The third-order valence-electron chi connectivity index (χ3n) is 3.75. The van der Waals surface area contributed by atoms with Gasteiger partial charge in [0, 0.05) is 11.8 Å². The van der Waals surface area contributed by atoms with Crippen LogP contribution >= 0.6 is 0 Å². The fourth-order valence-corrected chi connectivity index (χ4v) is 2.71. The fourth-order valence-electron chi connectivity index (χ4n) is 2.71. The number of hydrogen-bond acceptors (Lipinski definition) is 2. The lowest BCUT2D eigenvalue weighted by atomic mass is 10.2. The van der Waals surface area contributed by atoms with E-state index in [1.165, 1.54) is 5.56 Å². The van der Waals surface area contributed by atoms with E-state index >= 15 is 0 Å². The summed E-state index contributed by atoms with van der Waals surface area (Å²) in [5.41, 5.74) is 5.44. The number of aromatic nitrogens is 3. The average Bonchev–Trinajstić information content (AvgIpc) is 2.95. The van der Waals surface area contributed by atoms with Gasteiger partial charge in [0.1, 0.15) is 5.82 Å². The quantitative estimate of drug-likeness (QED) is 0.546. The maximum atomic E-state index is 4.84. The van der Waals surface area contributed by atoms with Crippen LogP contribution < -0.4 is 0 Å². The lowest BCUT2D eigenvalue weighted by Gasteiger charge is -2.09. The van der Waals surface area contributed by atoms with Crippen molar-refractivity contribution >= 4 is 11.0 Å². The van der Waals surface area contributed by atoms with Gasteiger partial charge in [-0.15, -0.1) is 0 Å². The monoisotopic (exact) mass is 285 g/mol. The minimum absolute atomic E-state index is 0.939. The number of pyridine rings is 1. The normalized spacial score (nSPS) is 11.0. The standard InChI is InChI=1S/C19H15N3/c1-14-9-10-17-18(12-14)22(16-8-5-11-20-13-16)19(21-17)15-6-3-2-4-7-15/h2-13H,1H3. The summed E-state index contributed by atoms with van der Waals surface area (Å²) in [6.07, 6.45) is 3.66. The largest absolute Gasteiger partial charge is 0.291 e. The van der Waals surface area contributed by atoms with Crippen LogP contribution in [0, 0.1) is 6.92 Å². The highest BCUT2D eigenvalue weighted by Gasteiger charge is 2.14. The molecule has 3 heteroatoms. The van der Waals surface area contributed by atoms with Crippen molar-refractivity contribution in [2.24, 2.45) is 0 Å². The summed E-state index contributed by atoms with van der Waals surface area (Å²) < 4.78 is 2.17. The van der Waals surface area contributed by atoms with Gasteiger partial charge in [0.25, 0.3) is 0 Å². The first-order valence-corrected chi connectivity index (χ1v) is 7.28. The van der Waals surface area contributed by atoms with E-state index in [1.54, 1.807) is 6.20 Å². The molecular weight excluding hydrogens is 270 g/mol. The van der Waals surface area contributed by atoms with Gasteiger partial charge in [-0.2, -0.15) is 0 Å². The van der Waals surface area contributed by atoms with Gasteiger partial charge in [-0.1, -0.05) is 36.4 Å². The van der Waals surface area contributed by atoms with Gasteiger partial charge >= 0.3 is 0 Å². The zero-order valence-electron chi connectivity index (χ0n) is 12.3. The van der Waals surface area contributed by atoms with E-state index < -0.39 is 0 Å². The number of fused-ring (bicyclic) bond motifs is 1. The van der Waals surface area contributed by atoms with Gasteiger partial charge in [0.05, 0.1) is 22.9 Å². The van der Waals surface area contributed by atoms with Crippen molar-refractivity contribution in [1.29, 1.82) is 0 Å². The van der Waals surface area contributed by atoms with Crippen molar-refractivity contribution in [3.8, 4) is 17.1 Å². The van der Waals surface area contributed by atoms with Crippen molar-refractivity contribution in [1.82, 2.24) is 14.5 Å². The molecule has 4 aromatic rings. The van der Waals surface area contributed by atoms with Crippen LogP contribution in [-0.4, -0.2) is 14.5 Å². The molecule has 2 aromatic heterocycles. The number of imidazole rings is 1. The molecule has 0 aliphatic heterocycles. The van der Waals surface area contributed by atoms with Crippen LogP contribution in [0.3, 0.4) is 0 Å². The molecule has 0 spiro atoms. The molecule has 4 rings (SSSR count). The highest BCUT2D eigenvalue weighted by Crippen LogP contribution is 2.28. The summed E-state index contributed by atoms with van der Waals surface area (Å²) >= 11 is 0. The Morgan fingerprint density at radius 1 is 0.909 bits per heavy atom. The Hall–Kier alpha value is -2.94. The molecule has 0 saturated heterocycles. The highest BCUT2D eigenvalue weighted by molar-refractivity contribution is 5.83. The molecule has 0 atom stereocenters. The molecule has 0 fully saturated rings. The van der Waals surface area contributed by atoms with E-state index in [-0.39, 0.29) is 0 Å². The molecule has 2 aromatic carbocycles. The van der Waals surface area contributed by atoms with E-state index in [4.69, 9.17) is 4.98 Å². The summed E-state index contributed by atoms with van der Waals surface area (Å²) in [6.45, 7) is 2.10. The fraction of sp³-hybridized carbons (Fsp3) is 0.0526. The SMILES string of the molecule is Cc1ccc2nc(-c3ccccc3)n(-c3cccnc3)c2c1. The van der Waals surface area contributed by atoms with Crippen LogP contribution in [0.25, 0.3) is 28.1 Å². The Morgan fingerprint density at radius 2 is 1.77 bits per heavy atom. The predicted molar refractivity (Wildman–Crippen MR) is 89.0 cm³/mol. The third-order valence-corrected chi connectivity index (χ3v) is 3.75. The number of nitrogens with zero attached hydrogens (tertiary/aromatic N) is 3. The van der Waals surface area contributed by atoms with Crippen molar-refractivity contribution in [3.63, 3.8) is 0 Å². The Kier molecular flexibility index (Phi) is 2.97. The summed E-state index contributed by atoms with van der Waals surface area (Å²) in [5, 5.41) is 0. The van der Waals surface area contributed by atoms with Gasteiger partial charge in [-0.05, 0) is 36.8 Å². The topological polar surface area (TPSA) is 30.7 Å². The molecule has 0 bridgehead atoms. The van der Waals surface area contributed by atoms with Crippen molar-refractivity contribution < 1.29 is 0 Å². The minimum Gasteiger partial charge on any atom is -0.291 e. The molecule has 0 amide bonds. The summed E-state index contributed by atoms with van der Waals surface area (Å²) in [5.74, 6) is 0.939. The molecular formula is C19H15N3. The van der Waals surface area contributed by atoms with Crippen molar-refractivity contribution in [2.75, 3.05) is 0 Å². The summed E-state index contributed by atoms with van der Waals surface area (Å²) in [7, 11) is 0. The Balaban J connectivity index is 2.08. The van der Waals surface area contributed by atoms with Crippen molar-refractivity contribution in [3.05, 3.63) is 78.6 Å². The second-order valence-electron chi connectivity index (χ2n) is 5.34. The number of hydrogen-bond donors (Lipinski definition) is 0. The molecule has 0 aliphatic rings. The van der Waals surface area contributed by atoms with E-state index in [0.29, 0.717) is 0 Å². The Morgan fingerprint density at radius 3 is 2.55 bits per heavy atom. The predicted octanol–water partition coefficient (Wildman–Crippen LogP) is 4.40. The molecule has 3 nitrogen and oxygen atoms in total. The lowest BCUT2D eigenvalue weighted by molar-refractivity contribution is 1.08. The second kappa shape index (κ2) is 5.11. The summed E-state index contributed by atoms with van der Waals surface area (Å²) in [6, 6.07) is 20.6. The zero-order chi connectivity index (χ0) is 14.9. The molecule has 0 saturated carbocycles. The second-order valence-corrected chi connectivity index (χ2v) is 5.34. The molecule has 22 heavy (non-hydrogen) atoms. The Bertz CT molecular complexity index is 925. The van der Waals surface area contributed by atoms with Crippen LogP contribution in [0.15, 0.2) is 73.1 Å². The van der Waals surface area contributed by atoms with E-state index in [0.717, 1.165) is 28.1 Å². The number of benzene rings is 2. The van der Waals surface area contributed by atoms with Gasteiger partial charge in [-0.3, -0.25) is 9.55 Å². The van der Waals surface area contributed by atoms with E-state index in [2.05, 4.69) is 52.9 Å². The molecule has 0 radical (unpaired) electrons. The van der Waals surface area contributed by atoms with E-state index in [1.807, 2.05) is 30.5 Å². The summed E-state index contributed by atoms with van der Waals surface area (Å²) in [4.78, 5) is 9.09. The molecule has 2 heterocycles. The van der Waals surface area contributed by atoms with Crippen LogP contribution in [0.1, 0.15) is 5.56 Å². The van der Waals surface area contributed by atoms with Crippen LogP contribution in [0.4, 0.5) is 0 Å². The average molecular weight is 285 g/mol. The first kappa shape index (κ1) is 12.8. The first-order valence-electron chi connectivity index (χ1n) is 7.28. The third kappa shape index (κ3) is 2.07. The van der Waals surface area contributed by atoms with Gasteiger partial charge < -0.3 is 0 Å². The van der Waals surface area contributed by atoms with Crippen LogP contribution in [0.5, 0.6) is 0 Å².